The third kappa shape index (κ3) is 3.79. The lowest BCUT2D eigenvalue weighted by Crippen LogP contribution is -2.29. The minimum atomic E-state index is 0.301. The topological polar surface area (TPSA) is 41.5 Å². The highest BCUT2D eigenvalue weighted by Gasteiger charge is 2.29. The smallest absolute Gasteiger partial charge is 0.145 e. The molecule has 2 aromatic rings. The number of fused-ring (bicyclic) bond motifs is 1. The Bertz CT molecular complexity index is 802. The van der Waals surface area contributed by atoms with Crippen molar-refractivity contribution in [3.63, 3.8) is 0 Å². The Morgan fingerprint density at radius 2 is 2.12 bits per heavy atom. The van der Waals surface area contributed by atoms with Gasteiger partial charge < -0.3 is 9.64 Å². The molecule has 5 nitrogen and oxygen atoms in total. The van der Waals surface area contributed by atoms with Gasteiger partial charge in [-0.15, -0.1) is 0 Å². The number of likely N-dealkylation sites (tertiary alicyclic amines) is 1. The SMILES string of the molecule is CN(C)Cc1ccnc([C@@H]2CCCN2CC2=Cc3ccccc3OC2)n1. The van der Waals surface area contributed by atoms with E-state index in [9.17, 15) is 0 Å². The first-order valence-corrected chi connectivity index (χ1v) is 9.31. The van der Waals surface area contributed by atoms with Crippen LogP contribution in [0.1, 0.15) is 36.0 Å². The summed E-state index contributed by atoms with van der Waals surface area (Å²) in [5.74, 6) is 1.94. The van der Waals surface area contributed by atoms with E-state index in [0.717, 1.165) is 43.3 Å². The molecule has 0 aliphatic carbocycles. The third-order valence-electron chi connectivity index (χ3n) is 4.97. The molecule has 2 aliphatic heterocycles. The summed E-state index contributed by atoms with van der Waals surface area (Å²) in [6, 6.07) is 10.5. The molecule has 3 heterocycles. The van der Waals surface area contributed by atoms with Crippen LogP contribution in [-0.2, 0) is 6.54 Å². The van der Waals surface area contributed by atoms with Crippen molar-refractivity contribution in [2.45, 2.75) is 25.4 Å². The van der Waals surface area contributed by atoms with Gasteiger partial charge in [0.25, 0.3) is 0 Å². The lowest BCUT2D eigenvalue weighted by Gasteiger charge is -2.27. The fourth-order valence-corrected chi connectivity index (χ4v) is 3.81. The second-order valence-corrected chi connectivity index (χ2v) is 7.40. The summed E-state index contributed by atoms with van der Waals surface area (Å²) in [4.78, 5) is 14.1. The van der Waals surface area contributed by atoms with E-state index in [1.54, 1.807) is 0 Å². The van der Waals surface area contributed by atoms with E-state index in [4.69, 9.17) is 9.72 Å². The molecule has 26 heavy (non-hydrogen) atoms. The molecule has 0 amide bonds. The van der Waals surface area contributed by atoms with E-state index in [1.807, 2.05) is 24.4 Å². The predicted octanol–water partition coefficient (Wildman–Crippen LogP) is 3.15. The van der Waals surface area contributed by atoms with Crippen LogP contribution in [-0.4, -0.2) is 53.6 Å². The molecule has 0 unspecified atom stereocenters. The Kier molecular flexibility index (Phi) is 5.00. The summed E-state index contributed by atoms with van der Waals surface area (Å²) < 4.78 is 5.92. The van der Waals surface area contributed by atoms with Gasteiger partial charge in [-0.1, -0.05) is 18.2 Å². The Morgan fingerprint density at radius 1 is 1.23 bits per heavy atom. The molecule has 1 aromatic carbocycles. The molecule has 0 spiro atoms. The van der Waals surface area contributed by atoms with Crippen molar-refractivity contribution in [1.29, 1.82) is 0 Å². The highest BCUT2D eigenvalue weighted by molar-refractivity contribution is 5.62. The van der Waals surface area contributed by atoms with Crippen molar-refractivity contribution in [2.75, 3.05) is 33.8 Å². The van der Waals surface area contributed by atoms with Crippen LogP contribution in [0.2, 0.25) is 0 Å². The molecule has 4 rings (SSSR count). The van der Waals surface area contributed by atoms with Gasteiger partial charge in [0.1, 0.15) is 18.2 Å². The van der Waals surface area contributed by atoms with Crippen molar-refractivity contribution in [3.05, 3.63) is 59.2 Å². The van der Waals surface area contributed by atoms with Crippen LogP contribution < -0.4 is 4.74 Å². The molecule has 136 valence electrons. The molecule has 1 atom stereocenters. The number of nitrogens with zero attached hydrogens (tertiary/aromatic N) is 4. The summed E-state index contributed by atoms with van der Waals surface area (Å²) >= 11 is 0. The fourth-order valence-electron chi connectivity index (χ4n) is 3.81. The Balaban J connectivity index is 1.50. The maximum atomic E-state index is 5.92. The first-order valence-electron chi connectivity index (χ1n) is 9.31. The van der Waals surface area contributed by atoms with E-state index < -0.39 is 0 Å². The van der Waals surface area contributed by atoms with Gasteiger partial charge in [0, 0.05) is 24.8 Å². The van der Waals surface area contributed by atoms with E-state index in [0.29, 0.717) is 12.6 Å². The molecule has 1 aromatic heterocycles. The van der Waals surface area contributed by atoms with Crippen LogP contribution >= 0.6 is 0 Å². The van der Waals surface area contributed by atoms with Crippen LogP contribution in [0.15, 0.2) is 42.1 Å². The Hall–Kier alpha value is -2.24. The number of rotatable bonds is 5. The molecule has 2 aliphatic rings. The van der Waals surface area contributed by atoms with Crippen LogP contribution in [0.4, 0.5) is 0 Å². The number of hydrogen-bond acceptors (Lipinski definition) is 5. The molecule has 1 saturated heterocycles. The first kappa shape index (κ1) is 17.2. The van der Waals surface area contributed by atoms with Gasteiger partial charge in [-0.2, -0.15) is 0 Å². The number of ether oxygens (including phenoxy) is 1. The Morgan fingerprint density at radius 3 is 3.00 bits per heavy atom. The summed E-state index contributed by atoms with van der Waals surface area (Å²) in [5, 5.41) is 0. The standard InChI is InChI=1S/C21H26N4O/c1-24(2)14-18-9-10-22-21(23-18)19-7-5-11-25(19)13-16-12-17-6-3-4-8-20(17)26-15-16/h3-4,6,8-10,12,19H,5,7,11,13-15H2,1-2H3/t19-/m0/s1. The molecule has 0 saturated carbocycles. The van der Waals surface area contributed by atoms with Gasteiger partial charge in [-0.05, 0) is 57.3 Å². The average Bonchev–Trinajstić information content (AvgIpc) is 3.09. The maximum Gasteiger partial charge on any atom is 0.145 e. The molecular weight excluding hydrogens is 324 g/mol. The zero-order chi connectivity index (χ0) is 17.9. The third-order valence-corrected chi connectivity index (χ3v) is 4.97. The zero-order valence-corrected chi connectivity index (χ0v) is 15.6. The zero-order valence-electron chi connectivity index (χ0n) is 15.6. The molecule has 1 fully saturated rings. The minimum Gasteiger partial charge on any atom is -0.489 e. The van der Waals surface area contributed by atoms with Gasteiger partial charge in [-0.25, -0.2) is 9.97 Å². The van der Waals surface area contributed by atoms with E-state index in [2.05, 4.69) is 47.1 Å². The lowest BCUT2D eigenvalue weighted by molar-refractivity contribution is 0.251. The normalized spacial score (nSPS) is 20.0. The number of benzene rings is 1. The van der Waals surface area contributed by atoms with Gasteiger partial charge in [0.05, 0.1) is 11.7 Å². The van der Waals surface area contributed by atoms with Crippen LogP contribution in [0.25, 0.3) is 6.08 Å². The van der Waals surface area contributed by atoms with Crippen molar-refractivity contribution in [1.82, 2.24) is 19.8 Å². The van der Waals surface area contributed by atoms with Gasteiger partial charge >= 0.3 is 0 Å². The van der Waals surface area contributed by atoms with Crippen LogP contribution in [0, 0.1) is 0 Å². The summed E-state index contributed by atoms with van der Waals surface area (Å²) in [6.07, 6.45) is 6.49. The number of aromatic nitrogens is 2. The minimum absolute atomic E-state index is 0.301. The van der Waals surface area contributed by atoms with Gasteiger partial charge in [0.15, 0.2) is 0 Å². The number of para-hydroxylation sites is 1. The second kappa shape index (κ2) is 7.56. The average molecular weight is 350 g/mol. The monoisotopic (exact) mass is 350 g/mol. The van der Waals surface area contributed by atoms with Crippen molar-refractivity contribution in [2.24, 2.45) is 0 Å². The molecule has 0 bridgehead atoms. The first-order chi connectivity index (χ1) is 12.7. The summed E-state index contributed by atoms with van der Waals surface area (Å²) in [6.45, 7) is 3.52. The fraction of sp³-hybridized carbons (Fsp3) is 0.429. The highest BCUT2D eigenvalue weighted by atomic mass is 16.5. The van der Waals surface area contributed by atoms with Crippen molar-refractivity contribution in [3.8, 4) is 5.75 Å². The molecule has 0 radical (unpaired) electrons. The quantitative estimate of drug-likeness (QED) is 0.829. The van der Waals surface area contributed by atoms with E-state index in [-0.39, 0.29) is 0 Å². The maximum absolute atomic E-state index is 5.92. The van der Waals surface area contributed by atoms with Crippen molar-refractivity contribution >= 4 is 6.08 Å². The second-order valence-electron chi connectivity index (χ2n) is 7.40. The lowest BCUT2D eigenvalue weighted by atomic mass is 10.1. The molecular formula is C21H26N4O. The van der Waals surface area contributed by atoms with Gasteiger partial charge in [0.2, 0.25) is 0 Å². The summed E-state index contributed by atoms with van der Waals surface area (Å²) in [5.41, 5.74) is 3.58. The van der Waals surface area contributed by atoms with Gasteiger partial charge in [-0.3, -0.25) is 4.90 Å². The predicted molar refractivity (Wildman–Crippen MR) is 103 cm³/mol. The van der Waals surface area contributed by atoms with Crippen LogP contribution in [0.5, 0.6) is 5.75 Å². The van der Waals surface area contributed by atoms with Crippen LogP contribution in [0.3, 0.4) is 0 Å². The van der Waals surface area contributed by atoms with Crippen molar-refractivity contribution < 1.29 is 4.74 Å². The van der Waals surface area contributed by atoms with E-state index >= 15 is 0 Å². The number of hydrogen-bond donors (Lipinski definition) is 0. The molecule has 0 N–H and O–H groups in total. The molecule has 5 heteroatoms. The highest BCUT2D eigenvalue weighted by Crippen LogP contribution is 2.32. The Labute approximate surface area is 155 Å². The van der Waals surface area contributed by atoms with E-state index in [1.165, 1.54) is 17.6 Å². The largest absolute Gasteiger partial charge is 0.489 e. The summed E-state index contributed by atoms with van der Waals surface area (Å²) in [7, 11) is 4.13.